The molecule has 0 aromatic heterocycles. The second kappa shape index (κ2) is 12.5. The van der Waals surface area contributed by atoms with E-state index in [-0.39, 0.29) is 0 Å². The van der Waals surface area contributed by atoms with E-state index in [1.54, 1.807) is 4.74 Å². The lowest BCUT2D eigenvalue weighted by atomic mass is 10.1. The third-order valence-corrected chi connectivity index (χ3v) is 6.18. The van der Waals surface area contributed by atoms with Crippen LogP contribution < -0.4 is 0 Å². The molecule has 7 nitrogen and oxygen atoms in total. The van der Waals surface area contributed by atoms with E-state index in [4.69, 9.17) is 0 Å². The third-order valence-electron chi connectivity index (χ3n) is 4.48. The molecule has 0 fully saturated rings. The summed E-state index contributed by atoms with van der Waals surface area (Å²) < 4.78 is 391. The summed E-state index contributed by atoms with van der Waals surface area (Å²) in [5.74, 6) is -46.0. The van der Waals surface area contributed by atoms with E-state index in [0.29, 0.717) is 0 Å². The molecule has 0 saturated heterocycles. The van der Waals surface area contributed by atoms with Gasteiger partial charge in [0, 0.05) is 0 Å². The average molecular weight is 838 g/mol. The average Bonchev–Trinajstić information content (AvgIpc) is 2.79. The van der Waals surface area contributed by atoms with Crippen molar-refractivity contribution in [3.63, 3.8) is 0 Å². The molecule has 0 amide bonds. The molecule has 292 valence electrons. The van der Waals surface area contributed by atoms with Crippen LogP contribution in [0.1, 0.15) is 0 Å². The molecule has 35 heteroatoms. The monoisotopic (exact) mass is 838 g/mol. The van der Waals surface area contributed by atoms with Gasteiger partial charge in [-0.15, -0.1) is 0 Å². The predicted octanol–water partition coefficient (Wildman–Crippen LogP) is 7.95. The van der Waals surface area contributed by atoms with Crippen molar-refractivity contribution >= 4 is 20.4 Å². The summed E-state index contributed by atoms with van der Waals surface area (Å²) in [6.07, 6.45) is -44.5. The zero-order valence-electron chi connectivity index (χ0n) is 20.5. The maximum Gasteiger partial charge on any atom is 0.464 e. The fourth-order valence-electron chi connectivity index (χ4n) is 2.19. The Balaban J connectivity index is 7.82. The van der Waals surface area contributed by atoms with Crippen LogP contribution in [0.25, 0.3) is 0 Å². The predicted molar refractivity (Wildman–Crippen MR) is 91.3 cm³/mol. The molecule has 0 bridgehead atoms. The summed E-state index contributed by atoms with van der Waals surface area (Å²) in [7, 11) is -17.0. The Labute approximate surface area is 248 Å². The molecule has 0 aliphatic heterocycles. The van der Waals surface area contributed by atoms with E-state index in [9.17, 15) is 130 Å². The first kappa shape index (κ1) is 46.3. The Morgan fingerprint density at radius 1 is 0.408 bits per heavy atom. The molecule has 0 heterocycles. The molecule has 0 aliphatic carbocycles. The summed E-state index contributed by atoms with van der Waals surface area (Å²) in [5, 5.41) is -16.1. The van der Waals surface area contributed by atoms with Crippen LogP contribution in [0.2, 0.25) is 0 Å². The number of halogens is 26. The van der Waals surface area contributed by atoms with Gasteiger partial charge in [-0.2, -0.15) is 122 Å². The maximum atomic E-state index is 14.3. The molecule has 2 atom stereocenters. The number of ether oxygens (including phenoxy) is 3. The van der Waals surface area contributed by atoms with Gasteiger partial charge in [0.05, 0.1) is 0 Å². The standard InChI is InChI=1S/C14F26O7S2/c15-3(16)1(5(19,20)7(23,9(25,26)27)46-11(31,32)13(35,36)48(39,41)42)45-2(4(17)18)6(21,22)8(24,10(28,29)30)47-12(33,34)14(37,38)49(40,43)44. The van der Waals surface area contributed by atoms with Gasteiger partial charge in [-0.1, -0.05) is 7.77 Å². The van der Waals surface area contributed by atoms with Gasteiger partial charge in [0.2, 0.25) is 11.5 Å². The molecule has 0 N–H and O–H groups in total. The second-order valence-electron chi connectivity index (χ2n) is 7.76. The molecular formula is C14F26O7S2. The van der Waals surface area contributed by atoms with Crippen LogP contribution in [0.4, 0.5) is 113 Å². The molecule has 0 spiro atoms. The van der Waals surface area contributed by atoms with Crippen LogP contribution in [0.15, 0.2) is 23.7 Å². The highest BCUT2D eigenvalue weighted by atomic mass is 32.3. The van der Waals surface area contributed by atoms with Crippen molar-refractivity contribution in [2.24, 2.45) is 0 Å². The van der Waals surface area contributed by atoms with Crippen molar-refractivity contribution in [1.29, 1.82) is 0 Å². The van der Waals surface area contributed by atoms with Gasteiger partial charge in [0.1, 0.15) is 0 Å². The Morgan fingerprint density at radius 2 is 0.612 bits per heavy atom. The number of alkyl halides is 20. The molecule has 2 unspecified atom stereocenters. The van der Waals surface area contributed by atoms with E-state index in [2.05, 4.69) is 0 Å². The minimum Gasteiger partial charge on any atom is -0.442 e. The minimum atomic E-state index is -8.72. The maximum absolute atomic E-state index is 14.3. The lowest BCUT2D eigenvalue weighted by molar-refractivity contribution is -0.478. The molecule has 49 heavy (non-hydrogen) atoms. The Bertz CT molecular complexity index is 1420. The zero-order valence-corrected chi connectivity index (χ0v) is 22.1. The number of hydrogen-bond donors (Lipinski definition) is 0. The Morgan fingerprint density at radius 3 is 0.755 bits per heavy atom. The molecule has 0 aliphatic rings. The first-order valence-corrected chi connectivity index (χ1v) is 12.4. The quantitative estimate of drug-likeness (QED) is 0.0997. The topological polar surface area (TPSA) is 96.0 Å². The molecule has 0 saturated carbocycles. The van der Waals surface area contributed by atoms with Crippen LogP contribution in [0.5, 0.6) is 0 Å². The lowest BCUT2D eigenvalue weighted by Crippen LogP contribution is -2.65. The molecule has 0 aromatic rings. The van der Waals surface area contributed by atoms with Gasteiger partial charge in [0.25, 0.3) is 0 Å². The van der Waals surface area contributed by atoms with Gasteiger partial charge in [-0.3, -0.25) is 9.47 Å². The van der Waals surface area contributed by atoms with Crippen LogP contribution in [-0.4, -0.2) is 75.5 Å². The smallest absolute Gasteiger partial charge is 0.442 e. The van der Waals surface area contributed by atoms with Gasteiger partial charge in [0.15, 0.2) is 0 Å². The highest BCUT2D eigenvalue weighted by Gasteiger charge is 2.85. The zero-order chi connectivity index (χ0) is 40.4. The van der Waals surface area contributed by atoms with Crippen LogP contribution >= 0.6 is 0 Å². The Kier molecular flexibility index (Phi) is 11.8. The normalized spacial score (nSPS) is 17.6. The van der Waals surface area contributed by atoms with Crippen LogP contribution in [0, 0.1) is 0 Å². The van der Waals surface area contributed by atoms with Crippen LogP contribution in [0.3, 0.4) is 0 Å². The van der Waals surface area contributed by atoms with E-state index in [1.165, 1.54) is 0 Å². The molecule has 0 radical (unpaired) electrons. The van der Waals surface area contributed by atoms with Crippen molar-refractivity contribution < 1.29 is 144 Å². The van der Waals surface area contributed by atoms with E-state index >= 15 is 0 Å². The third kappa shape index (κ3) is 7.65. The summed E-state index contributed by atoms with van der Waals surface area (Å²) >= 11 is 0. The summed E-state index contributed by atoms with van der Waals surface area (Å²) in [5.41, 5.74) is 0. The first-order chi connectivity index (χ1) is 20.8. The summed E-state index contributed by atoms with van der Waals surface area (Å²) in [4.78, 5) is 0. The summed E-state index contributed by atoms with van der Waals surface area (Å²) in [6.45, 7) is 0. The Hall–Kier alpha value is -2.72. The minimum absolute atomic E-state index is 1.13. The van der Waals surface area contributed by atoms with E-state index in [0.717, 1.165) is 9.47 Å². The molecule has 0 rings (SSSR count). The molecule has 0 aromatic carbocycles. The second-order valence-corrected chi connectivity index (χ2v) is 10.5. The van der Waals surface area contributed by atoms with Crippen molar-refractivity contribution in [3.05, 3.63) is 23.7 Å². The largest absolute Gasteiger partial charge is 0.464 e. The van der Waals surface area contributed by atoms with Crippen molar-refractivity contribution in [3.8, 4) is 0 Å². The van der Waals surface area contributed by atoms with Crippen LogP contribution in [-0.2, 0) is 34.7 Å². The van der Waals surface area contributed by atoms with Crippen molar-refractivity contribution in [2.45, 2.75) is 58.6 Å². The van der Waals surface area contributed by atoms with E-state index < -0.39 is 103 Å². The van der Waals surface area contributed by atoms with Gasteiger partial charge in [-0.05, 0) is 0 Å². The first-order valence-electron chi connectivity index (χ1n) is 9.64. The highest BCUT2D eigenvalue weighted by molar-refractivity contribution is 7.87. The lowest BCUT2D eigenvalue weighted by Gasteiger charge is -2.39. The van der Waals surface area contributed by atoms with E-state index in [1.807, 2.05) is 0 Å². The SMILES string of the molecule is O=S(=O)(F)C(F)(F)C(F)(F)OC(F)(C(F)(F)F)C(F)(F)C(OC(=C(F)F)C(F)(F)C(F)(OC(F)(F)C(F)(F)S(=O)(=O)F)C(F)(F)F)=C(F)F. The van der Waals surface area contributed by atoms with Gasteiger partial charge < -0.3 is 4.74 Å². The van der Waals surface area contributed by atoms with Gasteiger partial charge in [-0.25, -0.2) is 0 Å². The fourth-order valence-corrected chi connectivity index (χ4v) is 2.84. The van der Waals surface area contributed by atoms with Crippen molar-refractivity contribution in [1.82, 2.24) is 0 Å². The van der Waals surface area contributed by atoms with Gasteiger partial charge >= 0.3 is 91.2 Å². The summed E-state index contributed by atoms with van der Waals surface area (Å²) in [6, 6.07) is 0. The number of hydrogen-bond acceptors (Lipinski definition) is 7. The number of rotatable bonds is 14. The van der Waals surface area contributed by atoms with Crippen molar-refractivity contribution in [2.75, 3.05) is 0 Å². The highest BCUT2D eigenvalue weighted by Crippen LogP contribution is 2.59. The fraction of sp³-hybridized carbons (Fsp3) is 0.714. The molecular weight excluding hydrogens is 838 g/mol.